The standard InChI is InChI=1S/C16H30N2O2/c1-4-17-16(3,15(19)20)9-12(2)18(10-13-5-6-13)11-14-7-8-14/h12-14,17H,4-11H2,1-3H3,(H,19,20). The van der Waals surface area contributed by atoms with Crippen molar-refractivity contribution < 1.29 is 9.90 Å². The molecule has 0 bridgehead atoms. The second-order valence-corrected chi connectivity index (χ2v) is 7.06. The topological polar surface area (TPSA) is 52.6 Å². The molecule has 0 heterocycles. The predicted molar refractivity (Wildman–Crippen MR) is 80.8 cm³/mol. The van der Waals surface area contributed by atoms with Gasteiger partial charge < -0.3 is 15.3 Å². The number of aliphatic carboxylic acids is 1. The molecule has 0 saturated heterocycles. The normalized spacial score (nSPS) is 23.6. The molecule has 116 valence electrons. The van der Waals surface area contributed by atoms with Gasteiger partial charge in [0.2, 0.25) is 0 Å². The van der Waals surface area contributed by atoms with Crippen molar-refractivity contribution >= 4 is 5.97 Å². The van der Waals surface area contributed by atoms with Crippen LogP contribution in [0, 0.1) is 11.8 Å². The fourth-order valence-electron chi connectivity index (χ4n) is 3.04. The molecule has 0 amide bonds. The van der Waals surface area contributed by atoms with Crippen LogP contribution in [-0.4, -0.2) is 47.2 Å². The minimum atomic E-state index is -0.806. The highest BCUT2D eigenvalue weighted by molar-refractivity contribution is 5.78. The number of nitrogens with one attached hydrogen (secondary N) is 1. The Bertz CT molecular complexity index is 325. The lowest BCUT2D eigenvalue weighted by molar-refractivity contribution is -0.145. The van der Waals surface area contributed by atoms with Gasteiger partial charge in [0.05, 0.1) is 0 Å². The molecule has 0 radical (unpaired) electrons. The second-order valence-electron chi connectivity index (χ2n) is 7.06. The van der Waals surface area contributed by atoms with Crippen molar-refractivity contribution in [1.82, 2.24) is 10.2 Å². The highest BCUT2D eigenvalue weighted by atomic mass is 16.4. The first-order valence-electron chi connectivity index (χ1n) is 8.17. The summed E-state index contributed by atoms with van der Waals surface area (Å²) in [6.45, 7) is 9.02. The number of hydrogen-bond acceptors (Lipinski definition) is 3. The van der Waals surface area contributed by atoms with Gasteiger partial charge in [-0.25, -0.2) is 0 Å². The summed E-state index contributed by atoms with van der Waals surface area (Å²) >= 11 is 0. The number of likely N-dealkylation sites (N-methyl/N-ethyl adjacent to an activating group) is 1. The van der Waals surface area contributed by atoms with E-state index in [4.69, 9.17) is 0 Å². The van der Waals surface area contributed by atoms with E-state index in [0.717, 1.165) is 11.8 Å². The van der Waals surface area contributed by atoms with E-state index in [9.17, 15) is 9.90 Å². The van der Waals surface area contributed by atoms with Crippen LogP contribution < -0.4 is 5.32 Å². The van der Waals surface area contributed by atoms with Gasteiger partial charge in [0.15, 0.2) is 0 Å². The first kappa shape index (κ1) is 15.8. The molecular formula is C16H30N2O2. The largest absolute Gasteiger partial charge is 0.480 e. The van der Waals surface area contributed by atoms with Crippen LogP contribution in [0.25, 0.3) is 0 Å². The summed E-state index contributed by atoms with van der Waals surface area (Å²) in [7, 11) is 0. The molecule has 2 saturated carbocycles. The third-order valence-corrected chi connectivity index (χ3v) is 4.75. The van der Waals surface area contributed by atoms with Gasteiger partial charge in [-0.3, -0.25) is 4.79 Å². The molecular weight excluding hydrogens is 252 g/mol. The zero-order valence-corrected chi connectivity index (χ0v) is 13.2. The van der Waals surface area contributed by atoms with E-state index in [1.165, 1.54) is 38.8 Å². The third-order valence-electron chi connectivity index (χ3n) is 4.75. The van der Waals surface area contributed by atoms with E-state index in [2.05, 4.69) is 17.1 Å². The van der Waals surface area contributed by atoms with Gasteiger partial charge in [0, 0.05) is 19.1 Å². The summed E-state index contributed by atoms with van der Waals surface area (Å²) in [6.07, 6.45) is 6.11. The summed E-state index contributed by atoms with van der Waals surface area (Å²) in [5, 5.41) is 12.7. The van der Waals surface area contributed by atoms with Crippen molar-refractivity contribution in [1.29, 1.82) is 0 Å². The molecule has 2 N–H and O–H groups in total. The van der Waals surface area contributed by atoms with Crippen LogP contribution in [-0.2, 0) is 4.79 Å². The van der Waals surface area contributed by atoms with Gasteiger partial charge >= 0.3 is 5.97 Å². The Morgan fingerprint density at radius 3 is 2.15 bits per heavy atom. The first-order chi connectivity index (χ1) is 9.44. The molecule has 0 aromatic carbocycles. The van der Waals surface area contributed by atoms with E-state index in [0.29, 0.717) is 19.0 Å². The molecule has 2 unspecified atom stereocenters. The van der Waals surface area contributed by atoms with Crippen LogP contribution >= 0.6 is 0 Å². The van der Waals surface area contributed by atoms with Crippen molar-refractivity contribution in [2.45, 2.75) is 64.5 Å². The lowest BCUT2D eigenvalue weighted by atomic mass is 9.92. The monoisotopic (exact) mass is 282 g/mol. The second kappa shape index (κ2) is 6.44. The highest BCUT2D eigenvalue weighted by Gasteiger charge is 2.37. The zero-order valence-electron chi connectivity index (χ0n) is 13.2. The van der Waals surface area contributed by atoms with Crippen molar-refractivity contribution in [2.75, 3.05) is 19.6 Å². The molecule has 0 aromatic rings. The Kier molecular flexibility index (Phi) is 5.08. The van der Waals surface area contributed by atoms with Gasteiger partial charge in [0.1, 0.15) is 5.54 Å². The first-order valence-corrected chi connectivity index (χ1v) is 8.17. The maximum absolute atomic E-state index is 11.6. The minimum absolute atomic E-state index is 0.330. The predicted octanol–water partition coefficient (Wildman–Crippen LogP) is 2.34. The number of carbonyl (C=O) groups is 1. The fraction of sp³-hybridized carbons (Fsp3) is 0.938. The number of carboxylic acid groups (broad SMARTS) is 1. The summed E-state index contributed by atoms with van der Waals surface area (Å²) in [4.78, 5) is 14.1. The molecule has 2 aliphatic carbocycles. The molecule has 0 aliphatic heterocycles. The molecule has 4 nitrogen and oxygen atoms in total. The van der Waals surface area contributed by atoms with Crippen molar-refractivity contribution in [3.05, 3.63) is 0 Å². The van der Waals surface area contributed by atoms with Crippen LogP contribution in [0.1, 0.15) is 52.9 Å². The van der Waals surface area contributed by atoms with Crippen LogP contribution in [0.5, 0.6) is 0 Å². The SMILES string of the molecule is CCNC(C)(CC(C)N(CC1CC1)CC1CC1)C(=O)O. The van der Waals surface area contributed by atoms with Crippen LogP contribution in [0.4, 0.5) is 0 Å². The maximum atomic E-state index is 11.6. The summed E-state index contributed by atoms with van der Waals surface area (Å²) < 4.78 is 0. The molecule has 2 atom stereocenters. The van der Waals surface area contributed by atoms with Gasteiger partial charge in [-0.15, -0.1) is 0 Å². The number of carboxylic acids is 1. The molecule has 20 heavy (non-hydrogen) atoms. The Morgan fingerprint density at radius 1 is 1.30 bits per heavy atom. The Balaban J connectivity index is 1.93. The number of rotatable bonds is 10. The van der Waals surface area contributed by atoms with Gasteiger partial charge in [-0.2, -0.15) is 0 Å². The number of hydrogen-bond donors (Lipinski definition) is 2. The molecule has 4 heteroatoms. The average Bonchev–Trinajstić information content (AvgIpc) is 3.23. The highest BCUT2D eigenvalue weighted by Crippen LogP contribution is 2.35. The van der Waals surface area contributed by atoms with Gasteiger partial charge in [0.25, 0.3) is 0 Å². The molecule has 0 spiro atoms. The fourth-order valence-corrected chi connectivity index (χ4v) is 3.04. The van der Waals surface area contributed by atoms with Crippen molar-refractivity contribution in [2.24, 2.45) is 11.8 Å². The van der Waals surface area contributed by atoms with Gasteiger partial charge in [-0.05, 0) is 64.3 Å². The summed E-state index contributed by atoms with van der Waals surface area (Å²) in [5.74, 6) is 1.00. The Morgan fingerprint density at radius 2 is 1.80 bits per heavy atom. The van der Waals surface area contributed by atoms with Crippen molar-refractivity contribution in [3.63, 3.8) is 0 Å². The van der Waals surface area contributed by atoms with E-state index in [-0.39, 0.29) is 0 Å². The maximum Gasteiger partial charge on any atom is 0.323 e. The smallest absolute Gasteiger partial charge is 0.323 e. The quantitative estimate of drug-likeness (QED) is 0.646. The Labute approximate surface area is 122 Å². The molecule has 0 aromatic heterocycles. The van der Waals surface area contributed by atoms with Crippen LogP contribution in [0.3, 0.4) is 0 Å². The van der Waals surface area contributed by atoms with Gasteiger partial charge in [-0.1, -0.05) is 6.92 Å². The zero-order chi connectivity index (χ0) is 14.8. The number of nitrogens with zero attached hydrogens (tertiary/aromatic N) is 1. The molecule has 2 rings (SSSR count). The van der Waals surface area contributed by atoms with E-state index in [1.54, 1.807) is 0 Å². The van der Waals surface area contributed by atoms with Crippen LogP contribution in [0.2, 0.25) is 0 Å². The van der Waals surface area contributed by atoms with Crippen molar-refractivity contribution in [3.8, 4) is 0 Å². The summed E-state index contributed by atoms with van der Waals surface area (Å²) in [5.41, 5.74) is -0.806. The van der Waals surface area contributed by atoms with E-state index >= 15 is 0 Å². The third kappa shape index (κ3) is 4.45. The molecule has 2 fully saturated rings. The van der Waals surface area contributed by atoms with E-state index < -0.39 is 11.5 Å². The summed E-state index contributed by atoms with van der Waals surface area (Å²) in [6, 6.07) is 0.330. The Hall–Kier alpha value is -0.610. The average molecular weight is 282 g/mol. The van der Waals surface area contributed by atoms with E-state index in [1.807, 2.05) is 13.8 Å². The molecule has 2 aliphatic rings. The van der Waals surface area contributed by atoms with Crippen LogP contribution in [0.15, 0.2) is 0 Å². The lowest BCUT2D eigenvalue weighted by Crippen LogP contribution is -2.53. The lowest BCUT2D eigenvalue weighted by Gasteiger charge is -2.35. The minimum Gasteiger partial charge on any atom is -0.480 e.